The number of nitrogens with one attached hydrogen (secondary N) is 2. The fourth-order valence-electron chi connectivity index (χ4n) is 2.21. The molecule has 1 aliphatic rings. The van der Waals surface area contributed by atoms with Crippen LogP contribution < -0.4 is 11.1 Å². The van der Waals surface area contributed by atoms with Crippen LogP contribution in [0.25, 0.3) is 0 Å². The summed E-state index contributed by atoms with van der Waals surface area (Å²) in [4.78, 5) is 12.0. The Morgan fingerprint density at radius 1 is 1.47 bits per heavy atom. The zero-order valence-corrected chi connectivity index (χ0v) is 10.9. The molecule has 0 aliphatic heterocycles. The number of amides is 1. The Labute approximate surface area is 107 Å². The van der Waals surface area contributed by atoms with Gasteiger partial charge in [-0.15, -0.1) is 12.4 Å². The third kappa shape index (κ3) is 2.98. The molecule has 5 nitrogen and oxygen atoms in total. The molecule has 1 aliphatic carbocycles. The van der Waals surface area contributed by atoms with Crippen molar-refractivity contribution in [3.8, 4) is 0 Å². The standard InChI is InChI=1S/C11H18N4O.ClH/c1-6-10(7(2)15-14-6)13-11(16)8-3-4-9(12)5-8;/h8-9H,3-5,12H2,1-2H3,(H,13,16)(H,14,15);1H. The van der Waals surface area contributed by atoms with Gasteiger partial charge in [-0.2, -0.15) is 5.10 Å². The van der Waals surface area contributed by atoms with Crippen LogP contribution in [0.4, 0.5) is 5.69 Å². The number of aryl methyl sites for hydroxylation is 2. The van der Waals surface area contributed by atoms with Crippen LogP contribution in [0.2, 0.25) is 0 Å². The maximum atomic E-state index is 12.0. The Morgan fingerprint density at radius 3 is 2.65 bits per heavy atom. The molecule has 6 heteroatoms. The maximum Gasteiger partial charge on any atom is 0.227 e. The highest BCUT2D eigenvalue weighted by molar-refractivity contribution is 5.93. The van der Waals surface area contributed by atoms with Crippen LogP contribution in [0, 0.1) is 19.8 Å². The highest BCUT2D eigenvalue weighted by Crippen LogP contribution is 2.26. The number of carbonyl (C=O) groups is 1. The number of anilines is 1. The molecule has 1 fully saturated rings. The van der Waals surface area contributed by atoms with Crippen LogP contribution in [0.1, 0.15) is 30.7 Å². The molecule has 1 aromatic rings. The third-order valence-corrected chi connectivity index (χ3v) is 3.22. The van der Waals surface area contributed by atoms with Gasteiger partial charge in [0.05, 0.1) is 17.1 Å². The van der Waals surface area contributed by atoms with E-state index in [2.05, 4.69) is 15.5 Å². The minimum atomic E-state index is 0. The van der Waals surface area contributed by atoms with Crippen LogP contribution in [0.5, 0.6) is 0 Å². The van der Waals surface area contributed by atoms with Gasteiger partial charge < -0.3 is 11.1 Å². The first kappa shape index (κ1) is 14.0. The van der Waals surface area contributed by atoms with E-state index in [1.807, 2.05) is 13.8 Å². The number of H-pyrrole nitrogens is 1. The van der Waals surface area contributed by atoms with E-state index in [9.17, 15) is 4.79 Å². The molecule has 1 amide bonds. The summed E-state index contributed by atoms with van der Waals surface area (Å²) in [5.74, 6) is 0.129. The van der Waals surface area contributed by atoms with Gasteiger partial charge in [-0.05, 0) is 33.1 Å². The summed E-state index contributed by atoms with van der Waals surface area (Å²) < 4.78 is 0. The Bertz CT molecular complexity index is 385. The lowest BCUT2D eigenvalue weighted by molar-refractivity contribution is -0.119. The van der Waals surface area contributed by atoms with Crippen molar-refractivity contribution >= 4 is 24.0 Å². The first-order valence-electron chi connectivity index (χ1n) is 5.66. The molecule has 2 atom stereocenters. The second-order valence-electron chi connectivity index (χ2n) is 4.57. The van der Waals surface area contributed by atoms with Gasteiger partial charge in [0.15, 0.2) is 0 Å². The lowest BCUT2D eigenvalue weighted by Gasteiger charge is -2.10. The minimum absolute atomic E-state index is 0. The number of nitrogens with zero attached hydrogens (tertiary/aromatic N) is 1. The zero-order valence-electron chi connectivity index (χ0n) is 10.1. The quantitative estimate of drug-likeness (QED) is 0.752. The lowest BCUT2D eigenvalue weighted by Crippen LogP contribution is -2.23. The van der Waals surface area contributed by atoms with Crippen molar-refractivity contribution in [1.29, 1.82) is 0 Å². The van der Waals surface area contributed by atoms with Gasteiger partial charge in [0, 0.05) is 12.0 Å². The average Bonchev–Trinajstić information content (AvgIpc) is 2.79. The summed E-state index contributed by atoms with van der Waals surface area (Å²) in [5, 5.41) is 9.83. The van der Waals surface area contributed by atoms with Crippen LogP contribution in [-0.4, -0.2) is 22.1 Å². The monoisotopic (exact) mass is 258 g/mol. The Hall–Kier alpha value is -1.07. The lowest BCUT2D eigenvalue weighted by atomic mass is 10.1. The van der Waals surface area contributed by atoms with E-state index in [0.717, 1.165) is 36.3 Å². The van der Waals surface area contributed by atoms with Gasteiger partial charge in [0.1, 0.15) is 0 Å². The second-order valence-corrected chi connectivity index (χ2v) is 4.57. The SMILES string of the molecule is Cc1n[nH]c(C)c1NC(=O)C1CCC(N)C1.Cl. The predicted octanol–water partition coefficient (Wildman–Crippen LogP) is 1.51. The van der Waals surface area contributed by atoms with Crippen molar-refractivity contribution in [3.05, 3.63) is 11.4 Å². The summed E-state index contributed by atoms with van der Waals surface area (Å²) in [7, 11) is 0. The first-order chi connectivity index (χ1) is 7.58. The molecular weight excluding hydrogens is 240 g/mol. The largest absolute Gasteiger partial charge is 0.328 e. The van der Waals surface area contributed by atoms with Crippen molar-refractivity contribution < 1.29 is 4.79 Å². The number of hydrogen-bond acceptors (Lipinski definition) is 3. The van der Waals surface area contributed by atoms with Crippen LogP contribution >= 0.6 is 12.4 Å². The number of aromatic nitrogens is 2. The number of nitrogens with two attached hydrogens (primary N) is 1. The molecule has 17 heavy (non-hydrogen) atoms. The molecule has 1 aromatic heterocycles. The number of aromatic amines is 1. The highest BCUT2D eigenvalue weighted by Gasteiger charge is 2.28. The fourth-order valence-corrected chi connectivity index (χ4v) is 2.21. The maximum absolute atomic E-state index is 12.0. The van der Waals surface area contributed by atoms with E-state index < -0.39 is 0 Å². The molecule has 0 bridgehead atoms. The van der Waals surface area contributed by atoms with Crippen molar-refractivity contribution in [1.82, 2.24) is 10.2 Å². The Morgan fingerprint density at radius 2 is 2.18 bits per heavy atom. The van der Waals surface area contributed by atoms with Crippen LogP contribution in [-0.2, 0) is 4.79 Å². The van der Waals surface area contributed by atoms with Gasteiger partial charge in [0.2, 0.25) is 5.91 Å². The van der Waals surface area contributed by atoms with Gasteiger partial charge in [-0.25, -0.2) is 0 Å². The van der Waals surface area contributed by atoms with E-state index in [1.54, 1.807) is 0 Å². The third-order valence-electron chi connectivity index (χ3n) is 3.22. The molecule has 1 saturated carbocycles. The first-order valence-corrected chi connectivity index (χ1v) is 5.66. The molecule has 0 spiro atoms. The zero-order chi connectivity index (χ0) is 11.7. The molecule has 2 unspecified atom stereocenters. The van der Waals surface area contributed by atoms with Crippen molar-refractivity contribution in [2.24, 2.45) is 11.7 Å². The van der Waals surface area contributed by atoms with Crippen molar-refractivity contribution in [3.63, 3.8) is 0 Å². The molecule has 0 saturated heterocycles. The number of hydrogen-bond donors (Lipinski definition) is 3. The van der Waals surface area contributed by atoms with Gasteiger partial charge >= 0.3 is 0 Å². The highest BCUT2D eigenvalue weighted by atomic mass is 35.5. The van der Waals surface area contributed by atoms with Crippen molar-refractivity contribution in [2.75, 3.05) is 5.32 Å². The molecule has 1 heterocycles. The normalized spacial score (nSPS) is 23.2. The summed E-state index contributed by atoms with van der Waals surface area (Å²) in [6, 6.07) is 0.183. The molecule has 0 aromatic carbocycles. The minimum Gasteiger partial charge on any atom is -0.328 e. The molecule has 2 rings (SSSR count). The van der Waals surface area contributed by atoms with E-state index in [0.29, 0.717) is 0 Å². The second kappa shape index (κ2) is 5.51. The molecule has 96 valence electrons. The summed E-state index contributed by atoms with van der Waals surface area (Å²) in [5.41, 5.74) is 8.33. The smallest absolute Gasteiger partial charge is 0.227 e. The molecular formula is C11H19ClN4O. The van der Waals surface area contributed by atoms with Crippen LogP contribution in [0.15, 0.2) is 0 Å². The topological polar surface area (TPSA) is 83.8 Å². The van der Waals surface area contributed by atoms with Gasteiger partial charge in [-0.3, -0.25) is 9.89 Å². The van der Waals surface area contributed by atoms with E-state index in [4.69, 9.17) is 5.73 Å². The van der Waals surface area contributed by atoms with E-state index >= 15 is 0 Å². The molecule has 4 N–H and O–H groups in total. The van der Waals surface area contributed by atoms with Gasteiger partial charge in [-0.1, -0.05) is 0 Å². The fraction of sp³-hybridized carbons (Fsp3) is 0.636. The molecule has 0 radical (unpaired) electrons. The summed E-state index contributed by atoms with van der Waals surface area (Å²) in [6.07, 6.45) is 2.63. The van der Waals surface area contributed by atoms with E-state index in [1.165, 1.54) is 0 Å². The predicted molar refractivity (Wildman–Crippen MR) is 69.3 cm³/mol. The number of halogens is 1. The number of rotatable bonds is 2. The summed E-state index contributed by atoms with van der Waals surface area (Å²) in [6.45, 7) is 3.77. The van der Waals surface area contributed by atoms with Crippen molar-refractivity contribution in [2.45, 2.75) is 39.2 Å². The average molecular weight is 259 g/mol. The van der Waals surface area contributed by atoms with Crippen LogP contribution in [0.3, 0.4) is 0 Å². The van der Waals surface area contributed by atoms with E-state index in [-0.39, 0.29) is 30.3 Å². The number of carbonyl (C=O) groups excluding carboxylic acids is 1. The van der Waals surface area contributed by atoms with Gasteiger partial charge in [0.25, 0.3) is 0 Å². The Kier molecular flexibility index (Phi) is 4.54. The summed E-state index contributed by atoms with van der Waals surface area (Å²) >= 11 is 0. The Balaban J connectivity index is 0.00000144.